The number of piperidine rings is 1. The summed E-state index contributed by atoms with van der Waals surface area (Å²) in [5, 5.41) is 0. The Kier molecular flexibility index (Phi) is 7.13. The topological polar surface area (TPSA) is 46.6 Å². The van der Waals surface area contributed by atoms with Gasteiger partial charge in [-0.3, -0.25) is 9.59 Å². The Bertz CT molecular complexity index is 1140. The predicted molar refractivity (Wildman–Crippen MR) is 118 cm³/mol. The fourth-order valence-electron chi connectivity index (χ4n) is 5.26. The zero-order chi connectivity index (χ0) is 27.3. The first-order valence-corrected chi connectivity index (χ1v) is 11.7. The summed E-state index contributed by atoms with van der Waals surface area (Å²) in [5.41, 5.74) is -2.64. The normalized spacial score (nSPS) is 25.2. The molecule has 2 heterocycles. The van der Waals surface area contributed by atoms with Crippen LogP contribution in [0.4, 0.5) is 30.7 Å². The predicted octanol–water partition coefficient (Wildman–Crippen LogP) is 6.30. The van der Waals surface area contributed by atoms with E-state index in [1.807, 2.05) is 0 Å². The van der Waals surface area contributed by atoms with E-state index < -0.39 is 59.4 Å². The lowest BCUT2D eigenvalue weighted by Crippen LogP contribution is -2.45. The second-order valence-corrected chi connectivity index (χ2v) is 9.59. The highest BCUT2D eigenvalue weighted by atomic mass is 19.4. The minimum Gasteiger partial charge on any atom is -0.368 e. The van der Waals surface area contributed by atoms with Crippen molar-refractivity contribution in [3.8, 4) is 0 Å². The van der Waals surface area contributed by atoms with Crippen LogP contribution in [0.1, 0.15) is 61.0 Å². The maximum absolute atomic E-state index is 13.6. The Morgan fingerprint density at radius 1 is 1.00 bits per heavy atom. The van der Waals surface area contributed by atoms with Crippen LogP contribution in [0.2, 0.25) is 0 Å². The first-order chi connectivity index (χ1) is 17.1. The van der Waals surface area contributed by atoms with Crippen molar-refractivity contribution in [2.75, 3.05) is 6.54 Å². The molecule has 2 fully saturated rings. The van der Waals surface area contributed by atoms with E-state index in [0.717, 1.165) is 0 Å². The van der Waals surface area contributed by atoms with Crippen LogP contribution in [0.25, 0.3) is 0 Å². The average molecular weight is 531 g/mol. The fraction of sp³-hybridized carbons (Fsp3) is 0.462. The Hall–Kier alpha value is -2.95. The molecular weight excluding hydrogens is 507 g/mol. The molecule has 0 saturated carbocycles. The number of benzene rings is 2. The number of hydrogen-bond acceptors (Lipinski definition) is 3. The Morgan fingerprint density at radius 2 is 1.57 bits per heavy atom. The van der Waals surface area contributed by atoms with Crippen molar-refractivity contribution in [1.29, 1.82) is 0 Å². The molecule has 0 bridgehead atoms. The molecule has 5 atom stereocenters. The summed E-state index contributed by atoms with van der Waals surface area (Å²) in [6, 6.07) is 6.22. The maximum Gasteiger partial charge on any atom is 0.416 e. The van der Waals surface area contributed by atoms with E-state index in [2.05, 4.69) is 0 Å². The quantitative estimate of drug-likeness (QED) is 0.426. The number of alkyl halides is 6. The van der Waals surface area contributed by atoms with E-state index in [-0.39, 0.29) is 36.3 Å². The number of Topliss-reactive ketones (excluding diaryl/α,β-unsaturated/α-hetero) is 1. The standard InChI is InChI=1S/C26H24F7NO3/c1-13(35)16-9-21-24(15-3-5-20(27)6-4-15)22(12-34(21)23(36)10-16)37-14(2)17-7-18(25(28,29)30)11-19(8-17)26(31,32)33/h3-8,11,14,16,21-22,24H,9-10,12H2,1-2H3/t14-,16?,21+,22+,24+/m1/s1. The summed E-state index contributed by atoms with van der Waals surface area (Å²) in [4.78, 5) is 26.4. The second-order valence-electron chi connectivity index (χ2n) is 9.59. The number of carbonyl (C=O) groups is 2. The SMILES string of the molecule is CC(=O)C1CC(=O)N2C[C@H](O[C@H](C)c3cc(C(F)(F)F)cc(C(F)(F)F)c3)[C@@H](c3ccc(F)cc3)[C@@H]2C1. The van der Waals surface area contributed by atoms with Gasteiger partial charge in [-0.1, -0.05) is 12.1 Å². The molecule has 0 spiro atoms. The van der Waals surface area contributed by atoms with Crippen LogP contribution in [-0.4, -0.2) is 35.3 Å². The molecule has 37 heavy (non-hydrogen) atoms. The third kappa shape index (κ3) is 5.66. The van der Waals surface area contributed by atoms with Crippen molar-refractivity contribution in [3.05, 3.63) is 70.5 Å². The maximum atomic E-state index is 13.6. The number of hydrogen-bond donors (Lipinski definition) is 0. The lowest BCUT2D eigenvalue weighted by molar-refractivity contribution is -0.143. The number of ether oxygens (including phenoxy) is 1. The van der Waals surface area contributed by atoms with E-state index >= 15 is 0 Å². The van der Waals surface area contributed by atoms with Crippen LogP contribution in [0.5, 0.6) is 0 Å². The average Bonchev–Trinajstić information content (AvgIpc) is 3.16. The van der Waals surface area contributed by atoms with Crippen molar-refractivity contribution in [2.45, 2.75) is 63.2 Å². The Balaban J connectivity index is 1.70. The number of halogens is 7. The highest BCUT2D eigenvalue weighted by Gasteiger charge is 2.50. The smallest absolute Gasteiger partial charge is 0.368 e. The molecule has 2 saturated heterocycles. The van der Waals surface area contributed by atoms with Crippen LogP contribution < -0.4 is 0 Å². The highest BCUT2D eigenvalue weighted by Crippen LogP contribution is 2.45. The van der Waals surface area contributed by atoms with Gasteiger partial charge < -0.3 is 9.64 Å². The number of amides is 1. The Morgan fingerprint density at radius 3 is 2.08 bits per heavy atom. The molecule has 4 nitrogen and oxygen atoms in total. The number of fused-ring (bicyclic) bond motifs is 1. The zero-order valence-corrected chi connectivity index (χ0v) is 19.9. The van der Waals surface area contributed by atoms with Crippen molar-refractivity contribution in [2.24, 2.45) is 5.92 Å². The van der Waals surface area contributed by atoms with Crippen LogP contribution >= 0.6 is 0 Å². The van der Waals surface area contributed by atoms with Crippen molar-refractivity contribution in [3.63, 3.8) is 0 Å². The van der Waals surface area contributed by atoms with Gasteiger partial charge >= 0.3 is 12.4 Å². The molecule has 1 unspecified atom stereocenters. The van der Waals surface area contributed by atoms with E-state index in [4.69, 9.17) is 4.74 Å². The van der Waals surface area contributed by atoms with Crippen molar-refractivity contribution < 1.29 is 45.1 Å². The van der Waals surface area contributed by atoms with Gasteiger partial charge in [0.15, 0.2) is 0 Å². The van der Waals surface area contributed by atoms with E-state index in [1.54, 1.807) is 0 Å². The largest absolute Gasteiger partial charge is 0.416 e. The number of carbonyl (C=O) groups excluding carboxylic acids is 2. The first-order valence-electron chi connectivity index (χ1n) is 11.7. The minimum absolute atomic E-state index is 0.00676. The van der Waals surface area contributed by atoms with Gasteiger partial charge in [-0.25, -0.2) is 4.39 Å². The minimum atomic E-state index is -5.01. The molecule has 4 rings (SSSR count). The number of ketones is 1. The van der Waals surface area contributed by atoms with Crippen LogP contribution in [0.15, 0.2) is 42.5 Å². The molecule has 0 N–H and O–H groups in total. The van der Waals surface area contributed by atoms with Gasteiger partial charge in [0.25, 0.3) is 0 Å². The van der Waals surface area contributed by atoms with Crippen LogP contribution in [0, 0.1) is 11.7 Å². The molecule has 0 radical (unpaired) electrons. The molecule has 2 aliphatic rings. The highest BCUT2D eigenvalue weighted by molar-refractivity contribution is 5.87. The summed E-state index contributed by atoms with van der Waals surface area (Å²) in [6.07, 6.45) is -11.7. The fourth-order valence-corrected chi connectivity index (χ4v) is 5.26. The van der Waals surface area contributed by atoms with Gasteiger partial charge in [-0.05, 0) is 61.7 Å². The zero-order valence-electron chi connectivity index (χ0n) is 19.9. The lowest BCUT2D eigenvalue weighted by atomic mass is 9.80. The molecule has 2 aromatic carbocycles. The number of nitrogens with zero attached hydrogens (tertiary/aromatic N) is 1. The molecule has 0 aromatic heterocycles. The van der Waals surface area contributed by atoms with E-state index in [0.29, 0.717) is 24.1 Å². The summed E-state index contributed by atoms with van der Waals surface area (Å²) < 4.78 is 99.8. The molecule has 200 valence electrons. The summed E-state index contributed by atoms with van der Waals surface area (Å²) in [7, 11) is 0. The molecule has 2 aromatic rings. The van der Waals surface area contributed by atoms with Gasteiger partial charge in [0.1, 0.15) is 11.6 Å². The number of rotatable bonds is 5. The molecule has 1 amide bonds. The van der Waals surface area contributed by atoms with Gasteiger partial charge in [0.2, 0.25) is 5.91 Å². The van der Waals surface area contributed by atoms with Gasteiger partial charge in [0, 0.05) is 30.8 Å². The van der Waals surface area contributed by atoms with Gasteiger partial charge in [-0.2, -0.15) is 26.3 Å². The van der Waals surface area contributed by atoms with Gasteiger partial charge in [0.05, 0.1) is 23.3 Å². The molecule has 11 heteroatoms. The molecular formula is C26H24F7NO3. The Labute approximate surface area is 208 Å². The first kappa shape index (κ1) is 27.1. The monoisotopic (exact) mass is 531 g/mol. The summed E-state index contributed by atoms with van der Waals surface area (Å²) in [6.45, 7) is 2.76. The van der Waals surface area contributed by atoms with Crippen LogP contribution in [-0.2, 0) is 26.7 Å². The third-order valence-corrected chi connectivity index (χ3v) is 7.15. The van der Waals surface area contributed by atoms with E-state index in [9.17, 15) is 40.3 Å². The van der Waals surface area contributed by atoms with E-state index in [1.165, 1.54) is 43.0 Å². The second kappa shape index (κ2) is 9.74. The lowest BCUT2D eigenvalue weighted by Gasteiger charge is -2.36. The third-order valence-electron chi connectivity index (χ3n) is 7.15. The van der Waals surface area contributed by atoms with Gasteiger partial charge in [-0.15, -0.1) is 0 Å². The van der Waals surface area contributed by atoms with Crippen molar-refractivity contribution >= 4 is 11.7 Å². The van der Waals surface area contributed by atoms with Crippen LogP contribution in [0.3, 0.4) is 0 Å². The van der Waals surface area contributed by atoms with Crippen molar-refractivity contribution in [1.82, 2.24) is 4.90 Å². The summed E-state index contributed by atoms with van der Waals surface area (Å²) >= 11 is 0. The molecule has 2 aliphatic heterocycles. The molecule has 0 aliphatic carbocycles. The summed E-state index contributed by atoms with van der Waals surface area (Å²) in [5.74, 6) is -2.05.